The normalized spacial score (nSPS) is 24.6. The third-order valence-electron chi connectivity index (χ3n) is 4.58. The molecule has 3 rings (SSSR count). The Hall–Kier alpha value is -1.43. The van der Waals surface area contributed by atoms with E-state index in [0.29, 0.717) is 12.3 Å². The number of aliphatic carboxylic acids is 1. The Bertz CT molecular complexity index is 491. The number of fused-ring (bicyclic) bond motifs is 1. The molecule has 6 nitrogen and oxygen atoms in total. The van der Waals surface area contributed by atoms with Crippen LogP contribution in [0.25, 0.3) is 0 Å². The molecule has 0 aromatic carbocycles. The summed E-state index contributed by atoms with van der Waals surface area (Å²) < 4.78 is 1.66. The highest BCUT2D eigenvalue weighted by molar-refractivity contribution is 5.71. The second-order valence-corrected chi connectivity index (χ2v) is 5.79. The lowest BCUT2D eigenvalue weighted by Gasteiger charge is -2.29. The summed E-state index contributed by atoms with van der Waals surface area (Å²) in [5, 5.41) is 13.8. The van der Waals surface area contributed by atoms with Crippen molar-refractivity contribution in [1.29, 1.82) is 0 Å². The van der Waals surface area contributed by atoms with Crippen molar-refractivity contribution in [1.82, 2.24) is 19.7 Å². The van der Waals surface area contributed by atoms with Crippen LogP contribution in [0.2, 0.25) is 0 Å². The fourth-order valence-corrected chi connectivity index (χ4v) is 3.28. The van der Waals surface area contributed by atoms with Crippen molar-refractivity contribution in [2.24, 2.45) is 0 Å². The molecule has 3 heterocycles. The summed E-state index contributed by atoms with van der Waals surface area (Å²) >= 11 is 0. The second-order valence-electron chi connectivity index (χ2n) is 5.79. The molecule has 0 bridgehead atoms. The van der Waals surface area contributed by atoms with Gasteiger partial charge in [0, 0.05) is 12.3 Å². The van der Waals surface area contributed by atoms with E-state index in [1.54, 1.807) is 4.68 Å². The maximum absolute atomic E-state index is 11.3. The van der Waals surface area contributed by atoms with E-state index >= 15 is 0 Å². The molecule has 1 N–H and O–H groups in total. The number of aromatic nitrogens is 3. The Morgan fingerprint density at radius 3 is 2.75 bits per heavy atom. The van der Waals surface area contributed by atoms with Gasteiger partial charge in [-0.05, 0) is 45.3 Å². The quantitative estimate of drug-likeness (QED) is 0.906. The van der Waals surface area contributed by atoms with Crippen molar-refractivity contribution in [3.8, 4) is 0 Å². The highest BCUT2D eigenvalue weighted by atomic mass is 16.4. The topological polar surface area (TPSA) is 71.2 Å². The summed E-state index contributed by atoms with van der Waals surface area (Å²) in [6.45, 7) is 5.47. The average molecular weight is 278 g/mol. The van der Waals surface area contributed by atoms with Gasteiger partial charge in [0.2, 0.25) is 0 Å². The Balaban J connectivity index is 1.78. The molecule has 0 amide bonds. The number of carboxylic acid groups (broad SMARTS) is 1. The van der Waals surface area contributed by atoms with Crippen molar-refractivity contribution >= 4 is 5.97 Å². The zero-order valence-corrected chi connectivity index (χ0v) is 12.0. The number of rotatable bonds is 3. The summed E-state index contributed by atoms with van der Waals surface area (Å²) in [6, 6.07) is -0.518. The molecule has 0 spiro atoms. The summed E-state index contributed by atoms with van der Waals surface area (Å²) in [6.07, 6.45) is 4.57. The standard InChI is InChI=1S/C14H22N4O2/c1-2-17-8-6-10(7-9-17)13-15-12-5-3-4-11(14(19)20)18(12)16-13/h10-11H,2-9H2,1H3,(H,19,20). The zero-order valence-electron chi connectivity index (χ0n) is 12.0. The Kier molecular flexibility index (Phi) is 3.74. The molecule has 1 unspecified atom stereocenters. The van der Waals surface area contributed by atoms with Gasteiger partial charge in [0.15, 0.2) is 11.9 Å². The van der Waals surface area contributed by atoms with Crippen molar-refractivity contribution in [3.63, 3.8) is 0 Å². The maximum Gasteiger partial charge on any atom is 0.328 e. The average Bonchev–Trinajstić information content (AvgIpc) is 2.90. The van der Waals surface area contributed by atoms with Gasteiger partial charge in [-0.1, -0.05) is 6.92 Å². The van der Waals surface area contributed by atoms with Gasteiger partial charge in [-0.3, -0.25) is 0 Å². The van der Waals surface area contributed by atoms with Gasteiger partial charge in [0.1, 0.15) is 5.82 Å². The van der Waals surface area contributed by atoms with Crippen LogP contribution in [0.4, 0.5) is 0 Å². The van der Waals surface area contributed by atoms with Crippen LogP contribution in [0.15, 0.2) is 0 Å². The lowest BCUT2D eigenvalue weighted by Crippen LogP contribution is -2.33. The number of nitrogens with zero attached hydrogens (tertiary/aromatic N) is 4. The fraction of sp³-hybridized carbons (Fsp3) is 0.786. The number of piperidine rings is 1. The van der Waals surface area contributed by atoms with E-state index in [2.05, 4.69) is 21.9 Å². The molecule has 110 valence electrons. The SMILES string of the molecule is CCN1CCC(c2nc3n(n2)C(C(=O)O)CCC3)CC1. The number of carbonyl (C=O) groups is 1. The second kappa shape index (κ2) is 5.52. The lowest BCUT2D eigenvalue weighted by atomic mass is 9.96. The minimum Gasteiger partial charge on any atom is -0.480 e. The van der Waals surface area contributed by atoms with Crippen LogP contribution < -0.4 is 0 Å². The lowest BCUT2D eigenvalue weighted by molar-refractivity contribution is -0.141. The maximum atomic E-state index is 11.3. The van der Waals surface area contributed by atoms with Gasteiger partial charge in [0.25, 0.3) is 0 Å². The molecule has 1 aromatic heterocycles. The predicted molar refractivity (Wildman–Crippen MR) is 73.7 cm³/mol. The van der Waals surface area contributed by atoms with Crippen LogP contribution >= 0.6 is 0 Å². The van der Waals surface area contributed by atoms with E-state index in [4.69, 9.17) is 0 Å². The van der Waals surface area contributed by atoms with Crippen LogP contribution in [0, 0.1) is 0 Å². The van der Waals surface area contributed by atoms with Gasteiger partial charge in [-0.25, -0.2) is 14.5 Å². The largest absolute Gasteiger partial charge is 0.480 e. The number of hydrogen-bond donors (Lipinski definition) is 1. The molecule has 1 atom stereocenters. The van der Waals surface area contributed by atoms with Crippen LogP contribution in [0.3, 0.4) is 0 Å². The van der Waals surface area contributed by atoms with E-state index in [0.717, 1.165) is 57.0 Å². The molecule has 1 aromatic rings. The molecule has 2 aliphatic rings. The Morgan fingerprint density at radius 1 is 1.35 bits per heavy atom. The highest BCUT2D eigenvalue weighted by Gasteiger charge is 2.31. The molecule has 0 saturated carbocycles. The Morgan fingerprint density at radius 2 is 2.10 bits per heavy atom. The number of carboxylic acids is 1. The molecule has 1 saturated heterocycles. The summed E-state index contributed by atoms with van der Waals surface area (Å²) in [7, 11) is 0. The van der Waals surface area contributed by atoms with E-state index in [1.165, 1.54) is 0 Å². The molecule has 0 radical (unpaired) electrons. The van der Waals surface area contributed by atoms with Gasteiger partial charge in [-0.15, -0.1) is 0 Å². The molecular formula is C14H22N4O2. The van der Waals surface area contributed by atoms with E-state index in [9.17, 15) is 9.90 Å². The molecule has 6 heteroatoms. The zero-order chi connectivity index (χ0) is 14.1. The third kappa shape index (κ3) is 2.44. The summed E-state index contributed by atoms with van der Waals surface area (Å²) in [4.78, 5) is 18.4. The van der Waals surface area contributed by atoms with Gasteiger partial charge >= 0.3 is 5.97 Å². The minimum absolute atomic E-state index is 0.394. The van der Waals surface area contributed by atoms with Gasteiger partial charge in [0.05, 0.1) is 0 Å². The molecule has 2 aliphatic heterocycles. The first-order valence-electron chi connectivity index (χ1n) is 7.59. The van der Waals surface area contributed by atoms with Crippen LogP contribution in [0.5, 0.6) is 0 Å². The van der Waals surface area contributed by atoms with E-state index in [-0.39, 0.29) is 0 Å². The van der Waals surface area contributed by atoms with Crippen LogP contribution in [-0.4, -0.2) is 50.4 Å². The molecule has 20 heavy (non-hydrogen) atoms. The number of hydrogen-bond acceptors (Lipinski definition) is 4. The first-order chi connectivity index (χ1) is 9.69. The van der Waals surface area contributed by atoms with Crippen molar-refractivity contribution in [2.75, 3.05) is 19.6 Å². The molecule has 0 aliphatic carbocycles. The van der Waals surface area contributed by atoms with Crippen LogP contribution in [0.1, 0.15) is 56.2 Å². The van der Waals surface area contributed by atoms with Gasteiger partial charge in [-0.2, -0.15) is 5.10 Å². The molecular weight excluding hydrogens is 256 g/mol. The summed E-state index contributed by atoms with van der Waals surface area (Å²) in [5.41, 5.74) is 0. The van der Waals surface area contributed by atoms with Gasteiger partial charge < -0.3 is 10.0 Å². The Labute approximate surface area is 118 Å². The van der Waals surface area contributed by atoms with E-state index < -0.39 is 12.0 Å². The van der Waals surface area contributed by atoms with Crippen molar-refractivity contribution < 1.29 is 9.90 Å². The van der Waals surface area contributed by atoms with E-state index in [1.807, 2.05) is 0 Å². The monoisotopic (exact) mass is 278 g/mol. The first-order valence-corrected chi connectivity index (χ1v) is 7.59. The smallest absolute Gasteiger partial charge is 0.328 e. The molecule has 1 fully saturated rings. The fourth-order valence-electron chi connectivity index (χ4n) is 3.28. The number of likely N-dealkylation sites (tertiary alicyclic amines) is 1. The van der Waals surface area contributed by atoms with Crippen LogP contribution in [-0.2, 0) is 11.2 Å². The van der Waals surface area contributed by atoms with Crippen molar-refractivity contribution in [3.05, 3.63) is 11.6 Å². The minimum atomic E-state index is -0.789. The summed E-state index contributed by atoms with van der Waals surface area (Å²) in [5.74, 6) is 1.33. The number of aryl methyl sites for hydroxylation is 1. The predicted octanol–water partition coefficient (Wildman–Crippen LogP) is 1.44. The first kappa shape index (κ1) is 13.5. The third-order valence-corrected chi connectivity index (χ3v) is 4.58. The highest BCUT2D eigenvalue weighted by Crippen LogP contribution is 2.29. The van der Waals surface area contributed by atoms with Crippen molar-refractivity contribution in [2.45, 2.75) is 51.0 Å².